The summed E-state index contributed by atoms with van der Waals surface area (Å²) in [6, 6.07) is 0. The Kier molecular flexibility index (Phi) is 1.44. The van der Waals surface area contributed by atoms with Crippen LogP contribution in [0, 0.1) is 0 Å². The Hall–Kier alpha value is -1.39. The van der Waals surface area contributed by atoms with Crippen LogP contribution >= 0.6 is 0 Å². The molecule has 0 fully saturated rings. The first-order chi connectivity index (χ1) is 4.29. The van der Waals surface area contributed by atoms with E-state index in [0.29, 0.717) is 0 Å². The molecule has 48 valence electrons. The fraction of sp³-hybridized carbons (Fsp3) is 0.250. The van der Waals surface area contributed by atoms with Crippen LogP contribution in [0.1, 0.15) is 6.92 Å². The average Bonchev–Trinajstić information content (AvgIpc) is 2.15. The molecule has 0 aliphatic rings. The van der Waals surface area contributed by atoms with Gasteiger partial charge >= 0.3 is 5.97 Å². The number of carbonyl (C=O) groups is 1. The van der Waals surface area contributed by atoms with E-state index in [1.165, 1.54) is 19.3 Å². The first kappa shape index (κ1) is 5.74. The zero-order valence-corrected chi connectivity index (χ0v) is 4.81. The third-order valence-corrected chi connectivity index (χ3v) is 0.623. The molecule has 0 unspecified atom stereocenters. The van der Waals surface area contributed by atoms with Crippen LogP contribution in [-0.2, 0) is 4.79 Å². The quantitative estimate of drug-likeness (QED) is 0.466. The van der Waals surface area contributed by atoms with Crippen LogP contribution < -0.4 is 4.84 Å². The highest BCUT2D eigenvalue weighted by molar-refractivity contribution is 5.66. The monoisotopic (exact) mass is 127 g/mol. The summed E-state index contributed by atoms with van der Waals surface area (Å²) in [6.07, 6.45) is 2.85. The van der Waals surface area contributed by atoms with Crippen LogP contribution in [0.25, 0.3) is 0 Å². The van der Waals surface area contributed by atoms with Gasteiger partial charge in [0.05, 0.1) is 12.4 Å². The maximum atomic E-state index is 10.2. The van der Waals surface area contributed by atoms with Gasteiger partial charge in [-0.2, -0.15) is 0 Å². The van der Waals surface area contributed by atoms with Crippen LogP contribution in [-0.4, -0.2) is 21.1 Å². The predicted molar refractivity (Wildman–Crippen MR) is 27.3 cm³/mol. The molecule has 0 aliphatic carbocycles. The van der Waals surface area contributed by atoms with Crippen LogP contribution in [0.5, 0.6) is 0 Å². The molecular weight excluding hydrogens is 122 g/mol. The lowest BCUT2D eigenvalue weighted by Gasteiger charge is -1.93. The largest absolute Gasteiger partial charge is 0.331 e. The van der Waals surface area contributed by atoms with Gasteiger partial charge in [-0.3, -0.25) is 0 Å². The summed E-state index contributed by atoms with van der Waals surface area (Å²) in [5, 5.41) is 6.79. The Morgan fingerprint density at radius 3 is 3.00 bits per heavy atom. The Labute approximate surface area is 51.2 Å². The molecule has 0 spiro atoms. The summed E-state index contributed by atoms with van der Waals surface area (Å²) in [5.74, 6) is -0.416. The SMILES string of the molecule is CC(=O)On1ccnn1. The number of hydrogen-bond donors (Lipinski definition) is 0. The predicted octanol–water partition coefficient (Wildman–Crippen LogP) is -0.747. The van der Waals surface area contributed by atoms with Crippen molar-refractivity contribution in [1.29, 1.82) is 0 Å². The molecule has 0 N–H and O–H groups in total. The minimum absolute atomic E-state index is 0.416. The van der Waals surface area contributed by atoms with Crippen molar-refractivity contribution in [3.05, 3.63) is 12.4 Å². The second-order valence-electron chi connectivity index (χ2n) is 1.39. The molecular formula is C4H5N3O2. The van der Waals surface area contributed by atoms with Crippen molar-refractivity contribution in [2.45, 2.75) is 6.92 Å². The molecule has 0 aliphatic heterocycles. The zero-order chi connectivity index (χ0) is 6.69. The van der Waals surface area contributed by atoms with Gasteiger partial charge in [-0.05, 0) is 5.21 Å². The van der Waals surface area contributed by atoms with E-state index < -0.39 is 5.97 Å². The van der Waals surface area contributed by atoms with Gasteiger partial charge in [-0.1, -0.05) is 4.85 Å². The van der Waals surface area contributed by atoms with Gasteiger partial charge in [0.1, 0.15) is 0 Å². The summed E-state index contributed by atoms with van der Waals surface area (Å²) in [7, 11) is 0. The van der Waals surface area contributed by atoms with Crippen LogP contribution in [0.15, 0.2) is 12.4 Å². The van der Waals surface area contributed by atoms with E-state index >= 15 is 0 Å². The summed E-state index contributed by atoms with van der Waals surface area (Å²) < 4.78 is 0. The third kappa shape index (κ3) is 1.52. The lowest BCUT2D eigenvalue weighted by atomic mass is 10.8. The van der Waals surface area contributed by atoms with E-state index in [-0.39, 0.29) is 0 Å². The molecule has 1 rings (SSSR count). The minimum Gasteiger partial charge on any atom is -0.318 e. The van der Waals surface area contributed by atoms with E-state index in [2.05, 4.69) is 15.1 Å². The standard InChI is InChI=1S/C4H5N3O2/c1-4(8)9-7-3-2-5-6-7/h2-3H,1H3. The average molecular weight is 127 g/mol. The van der Waals surface area contributed by atoms with E-state index in [4.69, 9.17) is 0 Å². The molecule has 0 bridgehead atoms. The van der Waals surface area contributed by atoms with Crippen LogP contribution in [0.4, 0.5) is 0 Å². The highest BCUT2D eigenvalue weighted by Gasteiger charge is 1.93. The number of carbonyl (C=O) groups excluding carboxylic acids is 1. The van der Waals surface area contributed by atoms with Crippen molar-refractivity contribution >= 4 is 5.97 Å². The van der Waals surface area contributed by atoms with Gasteiger partial charge in [-0.25, -0.2) is 4.79 Å². The first-order valence-corrected chi connectivity index (χ1v) is 2.34. The number of hydrogen-bond acceptors (Lipinski definition) is 4. The smallest absolute Gasteiger partial charge is 0.318 e. The molecule has 1 aromatic rings. The van der Waals surface area contributed by atoms with Crippen molar-refractivity contribution in [1.82, 2.24) is 15.2 Å². The van der Waals surface area contributed by atoms with E-state index in [1.807, 2.05) is 0 Å². The molecule has 9 heavy (non-hydrogen) atoms. The summed E-state index contributed by atoms with van der Waals surface area (Å²) in [6.45, 7) is 1.29. The second-order valence-corrected chi connectivity index (χ2v) is 1.39. The molecule has 0 saturated heterocycles. The molecule has 0 amide bonds. The maximum absolute atomic E-state index is 10.2. The van der Waals surface area contributed by atoms with Crippen molar-refractivity contribution in [2.75, 3.05) is 0 Å². The number of aromatic nitrogens is 3. The van der Waals surface area contributed by atoms with Crippen molar-refractivity contribution in [3.8, 4) is 0 Å². The van der Waals surface area contributed by atoms with Crippen molar-refractivity contribution in [3.63, 3.8) is 0 Å². The third-order valence-electron chi connectivity index (χ3n) is 0.623. The van der Waals surface area contributed by atoms with Gasteiger partial charge < -0.3 is 4.84 Å². The summed E-state index contributed by atoms with van der Waals surface area (Å²) in [5.41, 5.74) is 0. The van der Waals surface area contributed by atoms with Gasteiger partial charge in [-0.15, -0.1) is 5.10 Å². The van der Waals surface area contributed by atoms with Crippen LogP contribution in [0.3, 0.4) is 0 Å². The molecule has 0 aromatic carbocycles. The first-order valence-electron chi connectivity index (χ1n) is 2.34. The Balaban J connectivity index is 2.58. The topological polar surface area (TPSA) is 57.0 Å². The Morgan fingerprint density at radius 1 is 1.78 bits per heavy atom. The Bertz CT molecular complexity index is 194. The van der Waals surface area contributed by atoms with Gasteiger partial charge in [0.25, 0.3) is 0 Å². The molecule has 1 aromatic heterocycles. The number of rotatable bonds is 1. The molecule has 0 saturated carbocycles. The minimum atomic E-state index is -0.416. The lowest BCUT2D eigenvalue weighted by molar-refractivity contribution is -0.143. The molecule has 0 atom stereocenters. The van der Waals surface area contributed by atoms with Gasteiger partial charge in [0, 0.05) is 6.92 Å². The molecule has 5 heteroatoms. The Morgan fingerprint density at radius 2 is 2.56 bits per heavy atom. The van der Waals surface area contributed by atoms with E-state index in [9.17, 15) is 4.79 Å². The molecule has 1 heterocycles. The van der Waals surface area contributed by atoms with Crippen molar-refractivity contribution < 1.29 is 9.63 Å². The van der Waals surface area contributed by atoms with E-state index in [1.54, 1.807) is 0 Å². The highest BCUT2D eigenvalue weighted by atomic mass is 16.7. The van der Waals surface area contributed by atoms with Crippen molar-refractivity contribution in [2.24, 2.45) is 0 Å². The highest BCUT2D eigenvalue weighted by Crippen LogP contribution is 1.73. The molecule has 0 radical (unpaired) electrons. The molecule has 5 nitrogen and oxygen atoms in total. The summed E-state index contributed by atoms with van der Waals surface area (Å²) in [4.78, 5) is 15.6. The fourth-order valence-electron chi connectivity index (χ4n) is 0.378. The van der Waals surface area contributed by atoms with E-state index in [0.717, 1.165) is 4.85 Å². The normalized spacial score (nSPS) is 9.00. The van der Waals surface area contributed by atoms with Gasteiger partial charge in [0.15, 0.2) is 0 Å². The second kappa shape index (κ2) is 2.25. The zero-order valence-electron chi connectivity index (χ0n) is 4.81. The maximum Gasteiger partial charge on any atom is 0.331 e. The van der Waals surface area contributed by atoms with Gasteiger partial charge in [0.2, 0.25) is 0 Å². The fourth-order valence-corrected chi connectivity index (χ4v) is 0.378. The van der Waals surface area contributed by atoms with Crippen LogP contribution in [0.2, 0.25) is 0 Å². The lowest BCUT2D eigenvalue weighted by Crippen LogP contribution is -2.16. The summed E-state index contributed by atoms with van der Waals surface area (Å²) >= 11 is 0. The number of nitrogens with zero attached hydrogens (tertiary/aromatic N) is 3.